The SMILES string of the molecule is CN(C)CCC(=O)c1ccccc1.CN(C)CC[C@@H](O)c1ccccc1. The van der Waals surface area contributed by atoms with Gasteiger partial charge in [-0.3, -0.25) is 4.79 Å². The number of hydrogen-bond donors (Lipinski definition) is 1. The molecular weight excluding hydrogens is 324 g/mol. The molecule has 1 N–H and O–H groups in total. The van der Waals surface area contributed by atoms with Crippen LogP contribution in [0.3, 0.4) is 0 Å². The minimum Gasteiger partial charge on any atom is -0.388 e. The van der Waals surface area contributed by atoms with E-state index in [-0.39, 0.29) is 11.9 Å². The first kappa shape index (κ1) is 22.0. The molecule has 0 bridgehead atoms. The highest BCUT2D eigenvalue weighted by atomic mass is 16.3. The van der Waals surface area contributed by atoms with Gasteiger partial charge in [-0.05, 0) is 40.2 Å². The van der Waals surface area contributed by atoms with E-state index in [0.29, 0.717) is 6.42 Å². The Morgan fingerprint density at radius 2 is 1.35 bits per heavy atom. The lowest BCUT2D eigenvalue weighted by Crippen LogP contribution is -2.16. The number of hydrogen-bond acceptors (Lipinski definition) is 4. The van der Waals surface area contributed by atoms with Crippen LogP contribution in [0.25, 0.3) is 0 Å². The monoisotopic (exact) mass is 356 g/mol. The van der Waals surface area contributed by atoms with Gasteiger partial charge >= 0.3 is 0 Å². The molecule has 26 heavy (non-hydrogen) atoms. The maximum atomic E-state index is 11.5. The fourth-order valence-corrected chi connectivity index (χ4v) is 2.32. The minimum atomic E-state index is -0.330. The molecule has 0 saturated carbocycles. The molecule has 0 radical (unpaired) electrons. The smallest absolute Gasteiger partial charge is 0.164 e. The van der Waals surface area contributed by atoms with Crippen molar-refractivity contribution in [1.29, 1.82) is 0 Å². The molecule has 0 aromatic heterocycles. The van der Waals surface area contributed by atoms with Crippen molar-refractivity contribution in [2.24, 2.45) is 0 Å². The molecule has 0 unspecified atom stereocenters. The van der Waals surface area contributed by atoms with Crippen LogP contribution in [0, 0.1) is 0 Å². The zero-order valence-electron chi connectivity index (χ0n) is 16.4. The van der Waals surface area contributed by atoms with Crippen molar-refractivity contribution >= 4 is 5.78 Å². The van der Waals surface area contributed by atoms with Crippen LogP contribution in [0.4, 0.5) is 0 Å². The largest absolute Gasteiger partial charge is 0.388 e. The molecule has 4 heteroatoms. The molecule has 0 fully saturated rings. The second-order valence-electron chi connectivity index (χ2n) is 6.86. The van der Waals surface area contributed by atoms with E-state index in [1.807, 2.05) is 93.8 Å². The first-order valence-corrected chi connectivity index (χ1v) is 9.01. The molecule has 4 nitrogen and oxygen atoms in total. The average molecular weight is 357 g/mol. The number of Topliss-reactive ketones (excluding diaryl/α,β-unsaturated/α-hetero) is 1. The van der Waals surface area contributed by atoms with Crippen LogP contribution in [-0.4, -0.2) is 62.0 Å². The summed E-state index contributed by atoms with van der Waals surface area (Å²) in [7, 11) is 7.96. The molecule has 0 aliphatic heterocycles. The quantitative estimate of drug-likeness (QED) is 0.735. The highest BCUT2D eigenvalue weighted by molar-refractivity contribution is 5.96. The van der Waals surface area contributed by atoms with Gasteiger partial charge in [0, 0.05) is 25.1 Å². The number of carbonyl (C=O) groups is 1. The molecule has 0 aliphatic carbocycles. The predicted octanol–water partition coefficient (Wildman–Crippen LogP) is 3.49. The van der Waals surface area contributed by atoms with Gasteiger partial charge in [-0.25, -0.2) is 0 Å². The Bertz CT molecular complexity index is 613. The van der Waals surface area contributed by atoms with Gasteiger partial charge < -0.3 is 14.9 Å². The Morgan fingerprint density at radius 3 is 1.85 bits per heavy atom. The molecule has 0 amide bonds. The summed E-state index contributed by atoms with van der Waals surface area (Å²) in [5.41, 5.74) is 1.81. The van der Waals surface area contributed by atoms with Crippen molar-refractivity contribution in [3.05, 3.63) is 71.8 Å². The number of aliphatic hydroxyl groups is 1. The summed E-state index contributed by atoms with van der Waals surface area (Å²) in [5.74, 6) is 0.217. The normalized spacial score (nSPS) is 11.8. The Kier molecular flexibility index (Phi) is 10.5. The summed E-state index contributed by atoms with van der Waals surface area (Å²) < 4.78 is 0. The molecule has 0 heterocycles. The van der Waals surface area contributed by atoms with Crippen molar-refractivity contribution in [1.82, 2.24) is 9.80 Å². The summed E-state index contributed by atoms with van der Waals surface area (Å²) >= 11 is 0. The van der Waals surface area contributed by atoms with Gasteiger partial charge in [-0.2, -0.15) is 0 Å². The van der Waals surface area contributed by atoms with Gasteiger partial charge in [0.25, 0.3) is 0 Å². The molecule has 0 aliphatic rings. The highest BCUT2D eigenvalue weighted by Gasteiger charge is 2.06. The standard InChI is InChI=1S/C11H17NO.C11H15NO/c2*1-12(2)9-8-11(13)10-6-4-3-5-7-10/h3-7,11,13H,8-9H2,1-2H3;3-7H,8-9H2,1-2H3/t11-;/m1./s1. The molecule has 2 aromatic rings. The summed E-state index contributed by atoms with van der Waals surface area (Å²) in [5, 5.41) is 9.74. The minimum absolute atomic E-state index is 0.217. The highest BCUT2D eigenvalue weighted by Crippen LogP contribution is 2.15. The summed E-state index contributed by atoms with van der Waals surface area (Å²) in [4.78, 5) is 15.6. The molecule has 0 spiro atoms. The van der Waals surface area contributed by atoms with Crippen LogP contribution in [0.1, 0.15) is 34.9 Å². The van der Waals surface area contributed by atoms with Gasteiger partial charge in [0.05, 0.1) is 6.10 Å². The van der Waals surface area contributed by atoms with Crippen LogP contribution in [0.15, 0.2) is 60.7 Å². The van der Waals surface area contributed by atoms with Crippen molar-refractivity contribution in [3.63, 3.8) is 0 Å². The van der Waals surface area contributed by atoms with E-state index < -0.39 is 0 Å². The van der Waals surface area contributed by atoms with Crippen molar-refractivity contribution in [2.45, 2.75) is 18.9 Å². The van der Waals surface area contributed by atoms with E-state index in [1.54, 1.807) is 0 Å². The van der Waals surface area contributed by atoms with E-state index in [9.17, 15) is 9.90 Å². The fourth-order valence-electron chi connectivity index (χ4n) is 2.32. The zero-order chi connectivity index (χ0) is 19.4. The van der Waals surface area contributed by atoms with Crippen LogP contribution >= 0.6 is 0 Å². The summed E-state index contributed by atoms with van der Waals surface area (Å²) in [6, 6.07) is 19.2. The van der Waals surface area contributed by atoms with E-state index in [4.69, 9.17) is 0 Å². The lowest BCUT2D eigenvalue weighted by Gasteiger charge is -2.14. The predicted molar refractivity (Wildman–Crippen MR) is 109 cm³/mol. The summed E-state index contributed by atoms with van der Waals surface area (Å²) in [6.45, 7) is 1.73. The third kappa shape index (κ3) is 9.47. The number of benzene rings is 2. The second kappa shape index (κ2) is 12.4. The number of nitrogens with zero attached hydrogens (tertiary/aromatic N) is 2. The van der Waals surface area contributed by atoms with Gasteiger partial charge in [-0.15, -0.1) is 0 Å². The van der Waals surface area contributed by atoms with Gasteiger partial charge in [0.1, 0.15) is 0 Å². The number of aliphatic hydroxyl groups excluding tert-OH is 1. The average Bonchev–Trinajstić information content (AvgIpc) is 2.66. The Hall–Kier alpha value is -2.01. The third-order valence-corrected chi connectivity index (χ3v) is 3.92. The van der Waals surface area contributed by atoms with Crippen LogP contribution < -0.4 is 0 Å². The van der Waals surface area contributed by atoms with Crippen molar-refractivity contribution < 1.29 is 9.90 Å². The second-order valence-corrected chi connectivity index (χ2v) is 6.86. The fraction of sp³-hybridized carbons (Fsp3) is 0.409. The Labute approximate surface area is 158 Å². The zero-order valence-corrected chi connectivity index (χ0v) is 16.4. The maximum absolute atomic E-state index is 11.5. The van der Waals surface area contributed by atoms with E-state index in [1.165, 1.54) is 0 Å². The number of rotatable bonds is 8. The van der Waals surface area contributed by atoms with E-state index in [2.05, 4.69) is 4.90 Å². The molecule has 142 valence electrons. The van der Waals surface area contributed by atoms with Crippen molar-refractivity contribution in [2.75, 3.05) is 41.3 Å². The Balaban J connectivity index is 0.000000260. The van der Waals surface area contributed by atoms with Crippen LogP contribution in [-0.2, 0) is 0 Å². The van der Waals surface area contributed by atoms with Crippen LogP contribution in [0.5, 0.6) is 0 Å². The number of ketones is 1. The number of carbonyl (C=O) groups excluding carboxylic acids is 1. The Morgan fingerprint density at radius 1 is 0.846 bits per heavy atom. The topological polar surface area (TPSA) is 43.8 Å². The third-order valence-electron chi connectivity index (χ3n) is 3.92. The summed E-state index contributed by atoms with van der Waals surface area (Å²) in [6.07, 6.45) is 1.05. The van der Waals surface area contributed by atoms with E-state index in [0.717, 1.165) is 30.6 Å². The lowest BCUT2D eigenvalue weighted by atomic mass is 10.1. The molecule has 2 rings (SSSR count). The first-order valence-electron chi connectivity index (χ1n) is 9.01. The first-order chi connectivity index (χ1) is 12.4. The van der Waals surface area contributed by atoms with Gasteiger partial charge in [0.2, 0.25) is 0 Å². The molecule has 2 aromatic carbocycles. The van der Waals surface area contributed by atoms with Gasteiger partial charge in [0.15, 0.2) is 5.78 Å². The maximum Gasteiger partial charge on any atom is 0.164 e. The van der Waals surface area contributed by atoms with E-state index >= 15 is 0 Å². The lowest BCUT2D eigenvalue weighted by molar-refractivity contribution is 0.0972. The molecular formula is C22H32N2O2. The van der Waals surface area contributed by atoms with Gasteiger partial charge in [-0.1, -0.05) is 60.7 Å². The van der Waals surface area contributed by atoms with Crippen LogP contribution in [0.2, 0.25) is 0 Å². The molecule has 0 saturated heterocycles. The molecule has 1 atom stereocenters. The van der Waals surface area contributed by atoms with Crippen molar-refractivity contribution in [3.8, 4) is 0 Å².